The maximum Gasteiger partial charge on any atom is 0.324 e. The minimum absolute atomic E-state index is 0.234. The van der Waals surface area contributed by atoms with Gasteiger partial charge in [-0.25, -0.2) is 0 Å². The van der Waals surface area contributed by atoms with E-state index in [2.05, 4.69) is 34.1 Å². The van der Waals surface area contributed by atoms with E-state index < -0.39 is 0 Å². The molecule has 146 valence electrons. The third kappa shape index (κ3) is 5.78. The normalized spacial score (nSPS) is 15.2. The summed E-state index contributed by atoms with van der Waals surface area (Å²) >= 11 is 1.30. The molecule has 3 rings (SSSR count). The molecule has 0 bridgehead atoms. The van der Waals surface area contributed by atoms with Gasteiger partial charge in [-0.15, -0.1) is 0 Å². The van der Waals surface area contributed by atoms with Crippen LogP contribution >= 0.6 is 11.3 Å². The third-order valence-electron chi connectivity index (χ3n) is 5.31. The summed E-state index contributed by atoms with van der Waals surface area (Å²) in [4.78, 5) is 16.3. The Morgan fingerprint density at radius 3 is 2.33 bits per heavy atom. The number of benzene rings is 1. The second kappa shape index (κ2) is 9.33. The smallest absolute Gasteiger partial charge is 0.324 e. The molecule has 0 unspecified atom stereocenters. The van der Waals surface area contributed by atoms with E-state index in [-0.39, 0.29) is 9.92 Å². The van der Waals surface area contributed by atoms with Crippen molar-refractivity contribution < 1.29 is 4.92 Å². The van der Waals surface area contributed by atoms with E-state index in [4.69, 9.17) is 0 Å². The lowest BCUT2D eigenvalue weighted by Gasteiger charge is -2.29. The van der Waals surface area contributed by atoms with Crippen LogP contribution in [-0.4, -0.2) is 30.5 Å². The summed E-state index contributed by atoms with van der Waals surface area (Å²) in [7, 11) is 4.10. The van der Waals surface area contributed by atoms with Crippen molar-refractivity contribution in [2.75, 3.05) is 25.5 Å². The molecule has 1 fully saturated rings. The fraction of sp³-hybridized carbons (Fsp3) is 0.524. The van der Waals surface area contributed by atoms with Crippen molar-refractivity contribution in [1.29, 1.82) is 0 Å². The summed E-state index contributed by atoms with van der Waals surface area (Å²) in [6.07, 6.45) is 6.64. The van der Waals surface area contributed by atoms with Gasteiger partial charge in [-0.1, -0.05) is 42.7 Å². The predicted octanol–water partition coefficient (Wildman–Crippen LogP) is 5.30. The zero-order valence-corrected chi connectivity index (χ0v) is 17.1. The van der Waals surface area contributed by atoms with E-state index in [9.17, 15) is 10.1 Å². The number of hydrogen-bond acceptors (Lipinski definition) is 5. The molecule has 1 saturated carbocycles. The van der Waals surface area contributed by atoms with Crippen LogP contribution in [0.15, 0.2) is 36.4 Å². The molecule has 0 atom stereocenters. The molecule has 0 radical (unpaired) electrons. The van der Waals surface area contributed by atoms with Crippen LogP contribution in [0.25, 0.3) is 0 Å². The zero-order valence-electron chi connectivity index (χ0n) is 16.3. The molecule has 2 aromatic rings. The number of nitro groups is 1. The third-order valence-corrected chi connectivity index (χ3v) is 6.33. The van der Waals surface area contributed by atoms with Gasteiger partial charge in [0.15, 0.2) is 0 Å². The highest BCUT2D eigenvalue weighted by Crippen LogP contribution is 2.29. The molecule has 0 aliphatic heterocycles. The van der Waals surface area contributed by atoms with Crippen LogP contribution < -0.4 is 4.90 Å². The fourth-order valence-corrected chi connectivity index (χ4v) is 4.71. The summed E-state index contributed by atoms with van der Waals surface area (Å²) in [6, 6.07) is 12.2. The molecule has 6 heteroatoms. The van der Waals surface area contributed by atoms with Crippen LogP contribution in [0, 0.1) is 16.0 Å². The van der Waals surface area contributed by atoms with Crippen LogP contribution in [0.4, 0.5) is 10.7 Å². The van der Waals surface area contributed by atoms with Crippen LogP contribution in [0.1, 0.15) is 42.5 Å². The van der Waals surface area contributed by atoms with Crippen LogP contribution in [0.5, 0.6) is 0 Å². The van der Waals surface area contributed by atoms with Crippen LogP contribution in [0.3, 0.4) is 0 Å². The Labute approximate surface area is 165 Å². The molecule has 5 nitrogen and oxygen atoms in total. The Balaban J connectivity index is 1.70. The fourth-order valence-electron chi connectivity index (χ4n) is 3.85. The van der Waals surface area contributed by atoms with E-state index in [0.717, 1.165) is 30.4 Å². The molecular formula is C21H29N3O2S. The molecular weight excluding hydrogens is 358 g/mol. The summed E-state index contributed by atoms with van der Waals surface area (Å²) < 4.78 is 0. The minimum Gasteiger partial charge on any atom is -0.378 e. The SMILES string of the molecule is CN(C)c1ccc(CN(Cc2ccc([N+](=O)[O-])s2)CC2CCCCC2)cc1. The maximum atomic E-state index is 11.0. The van der Waals surface area contributed by atoms with Gasteiger partial charge < -0.3 is 4.90 Å². The lowest BCUT2D eigenvalue weighted by Crippen LogP contribution is -2.29. The summed E-state index contributed by atoms with van der Waals surface area (Å²) in [5.74, 6) is 0.745. The summed E-state index contributed by atoms with van der Waals surface area (Å²) in [5, 5.41) is 11.2. The van der Waals surface area contributed by atoms with Crippen molar-refractivity contribution in [3.8, 4) is 0 Å². The standard InChI is InChI=1S/C21H29N3O2S/c1-22(2)19-10-8-18(9-11-19)15-23(14-17-6-4-3-5-7-17)16-20-12-13-21(27-20)24(25)26/h8-13,17H,3-7,14-16H2,1-2H3. The first-order valence-electron chi connectivity index (χ1n) is 9.73. The Morgan fingerprint density at radius 1 is 1.04 bits per heavy atom. The van der Waals surface area contributed by atoms with E-state index in [1.807, 2.05) is 20.2 Å². The topological polar surface area (TPSA) is 49.6 Å². The number of hydrogen-bond donors (Lipinski definition) is 0. The van der Waals surface area contributed by atoms with Gasteiger partial charge in [0.25, 0.3) is 0 Å². The van der Waals surface area contributed by atoms with Gasteiger partial charge in [0.1, 0.15) is 0 Å². The predicted molar refractivity (Wildman–Crippen MR) is 112 cm³/mol. The number of rotatable bonds is 8. The highest BCUT2D eigenvalue weighted by atomic mass is 32.1. The second-order valence-electron chi connectivity index (χ2n) is 7.73. The monoisotopic (exact) mass is 387 g/mol. The molecule has 1 aliphatic carbocycles. The summed E-state index contributed by atoms with van der Waals surface area (Å²) in [6.45, 7) is 2.74. The molecule has 1 aliphatic rings. The van der Waals surface area contributed by atoms with Gasteiger partial charge in [-0.3, -0.25) is 15.0 Å². The number of thiophene rings is 1. The van der Waals surface area contributed by atoms with Gasteiger partial charge in [0, 0.05) is 50.4 Å². The lowest BCUT2D eigenvalue weighted by atomic mass is 9.89. The maximum absolute atomic E-state index is 11.0. The highest BCUT2D eigenvalue weighted by molar-refractivity contribution is 7.15. The van der Waals surface area contributed by atoms with Crippen LogP contribution in [0.2, 0.25) is 0 Å². The Kier molecular flexibility index (Phi) is 6.85. The van der Waals surface area contributed by atoms with Crippen molar-refractivity contribution >= 4 is 22.0 Å². The first kappa shape index (κ1) is 19.8. The average Bonchev–Trinajstić information content (AvgIpc) is 3.12. The van der Waals surface area contributed by atoms with E-state index >= 15 is 0 Å². The Hall–Kier alpha value is -1.92. The average molecular weight is 388 g/mol. The molecule has 1 aromatic heterocycles. The quantitative estimate of drug-likeness (QED) is 0.455. The van der Waals surface area contributed by atoms with Gasteiger partial charge in [-0.05, 0) is 42.5 Å². The molecule has 27 heavy (non-hydrogen) atoms. The van der Waals surface area contributed by atoms with Crippen LogP contribution in [-0.2, 0) is 13.1 Å². The van der Waals surface area contributed by atoms with E-state index in [0.29, 0.717) is 0 Å². The molecule has 1 aromatic carbocycles. The molecule has 0 spiro atoms. The van der Waals surface area contributed by atoms with Gasteiger partial charge in [-0.2, -0.15) is 0 Å². The van der Waals surface area contributed by atoms with E-state index in [1.54, 1.807) is 6.07 Å². The van der Waals surface area contributed by atoms with Crippen molar-refractivity contribution in [3.63, 3.8) is 0 Å². The Bertz CT molecular complexity index is 736. The van der Waals surface area contributed by atoms with Gasteiger partial charge in [0.05, 0.1) is 4.92 Å². The van der Waals surface area contributed by atoms with Gasteiger partial charge in [0.2, 0.25) is 0 Å². The lowest BCUT2D eigenvalue weighted by molar-refractivity contribution is -0.380. The molecule has 0 N–H and O–H groups in total. The van der Waals surface area contributed by atoms with Crippen molar-refractivity contribution in [2.45, 2.75) is 45.2 Å². The number of anilines is 1. The molecule has 0 amide bonds. The van der Waals surface area contributed by atoms with E-state index in [1.165, 1.54) is 54.7 Å². The van der Waals surface area contributed by atoms with Crippen molar-refractivity contribution in [1.82, 2.24) is 4.90 Å². The highest BCUT2D eigenvalue weighted by Gasteiger charge is 2.19. The largest absolute Gasteiger partial charge is 0.378 e. The summed E-state index contributed by atoms with van der Waals surface area (Å²) in [5.41, 5.74) is 2.49. The van der Waals surface area contributed by atoms with Crippen molar-refractivity contribution in [2.24, 2.45) is 5.92 Å². The first-order chi connectivity index (χ1) is 13.0. The molecule has 0 saturated heterocycles. The van der Waals surface area contributed by atoms with Crippen molar-refractivity contribution in [3.05, 3.63) is 57.0 Å². The van der Waals surface area contributed by atoms with Gasteiger partial charge >= 0.3 is 5.00 Å². The Morgan fingerprint density at radius 2 is 1.74 bits per heavy atom. The zero-order chi connectivity index (χ0) is 19.2. The second-order valence-corrected chi connectivity index (χ2v) is 8.88. The first-order valence-corrected chi connectivity index (χ1v) is 10.5. The minimum atomic E-state index is -0.292. The molecule has 1 heterocycles. The number of nitrogens with zero attached hydrogens (tertiary/aromatic N) is 3.